The molecule has 5 heteroatoms. The van der Waals surface area contributed by atoms with Gasteiger partial charge in [-0.05, 0) is 69.6 Å². The molecular formula is C26H32O5. The minimum absolute atomic E-state index is 0.0902. The van der Waals surface area contributed by atoms with Gasteiger partial charge >= 0.3 is 11.9 Å². The van der Waals surface area contributed by atoms with Crippen LogP contribution in [0.3, 0.4) is 0 Å². The van der Waals surface area contributed by atoms with E-state index in [1.807, 2.05) is 38.1 Å². The average Bonchev–Trinajstić information content (AvgIpc) is 3.09. The highest BCUT2D eigenvalue weighted by molar-refractivity contribution is 5.87. The number of ether oxygens (including phenoxy) is 2. The number of aliphatic hydroxyl groups is 1. The number of benzene rings is 1. The van der Waals surface area contributed by atoms with Crippen LogP contribution >= 0.6 is 0 Å². The largest absolute Gasteiger partial charge is 0.460 e. The number of allylic oxidation sites excluding steroid dienone is 2. The number of carbonyl (C=O) groups is 2. The third kappa shape index (κ3) is 7.21. The van der Waals surface area contributed by atoms with Crippen LogP contribution in [0.25, 0.3) is 6.08 Å². The van der Waals surface area contributed by atoms with Crippen molar-refractivity contribution in [1.29, 1.82) is 0 Å². The zero-order chi connectivity index (χ0) is 22.2. The minimum atomic E-state index is -0.620. The van der Waals surface area contributed by atoms with Crippen LogP contribution in [0.2, 0.25) is 0 Å². The molecule has 3 rings (SSSR count). The molecule has 1 aliphatic carbocycles. The summed E-state index contributed by atoms with van der Waals surface area (Å²) < 4.78 is 11.2. The van der Waals surface area contributed by atoms with Gasteiger partial charge in [-0.2, -0.15) is 0 Å². The van der Waals surface area contributed by atoms with Crippen molar-refractivity contribution in [2.75, 3.05) is 0 Å². The lowest BCUT2D eigenvalue weighted by Crippen LogP contribution is -2.27. The number of cyclic esters (lactones) is 1. The van der Waals surface area contributed by atoms with E-state index in [1.54, 1.807) is 12.2 Å². The van der Waals surface area contributed by atoms with Crippen LogP contribution in [0.4, 0.5) is 0 Å². The van der Waals surface area contributed by atoms with Crippen molar-refractivity contribution in [2.45, 2.75) is 64.3 Å². The van der Waals surface area contributed by atoms with Crippen molar-refractivity contribution < 1.29 is 24.2 Å². The fraction of sp³-hybridized carbons (Fsp3) is 0.462. The molecule has 31 heavy (non-hydrogen) atoms. The fourth-order valence-electron chi connectivity index (χ4n) is 4.32. The Balaban J connectivity index is 1.78. The van der Waals surface area contributed by atoms with Crippen molar-refractivity contribution in [1.82, 2.24) is 0 Å². The third-order valence-electron chi connectivity index (χ3n) is 5.87. The zero-order valence-electron chi connectivity index (χ0n) is 18.3. The lowest BCUT2D eigenvalue weighted by atomic mass is 9.89. The lowest BCUT2D eigenvalue weighted by molar-refractivity contribution is -0.145. The molecule has 5 atom stereocenters. The molecule has 1 saturated carbocycles. The van der Waals surface area contributed by atoms with E-state index in [9.17, 15) is 14.7 Å². The zero-order valence-corrected chi connectivity index (χ0v) is 18.3. The Morgan fingerprint density at radius 2 is 2.10 bits per heavy atom. The molecule has 0 saturated heterocycles. The van der Waals surface area contributed by atoms with Gasteiger partial charge in [-0.1, -0.05) is 42.0 Å². The van der Waals surface area contributed by atoms with Crippen LogP contribution in [0.15, 0.2) is 54.6 Å². The first-order valence-electron chi connectivity index (χ1n) is 11.1. The van der Waals surface area contributed by atoms with E-state index in [2.05, 4.69) is 12.2 Å². The Morgan fingerprint density at radius 3 is 2.90 bits per heavy atom. The van der Waals surface area contributed by atoms with Crippen molar-refractivity contribution in [3.05, 3.63) is 65.8 Å². The smallest absolute Gasteiger partial charge is 0.331 e. The molecular weight excluding hydrogens is 392 g/mol. The summed E-state index contributed by atoms with van der Waals surface area (Å²) in [6.07, 6.45) is 12.9. The molecule has 0 bridgehead atoms. The molecule has 0 radical (unpaired) electrons. The predicted octanol–water partition coefficient (Wildman–Crippen LogP) is 4.54. The van der Waals surface area contributed by atoms with Crippen LogP contribution in [-0.2, 0) is 19.1 Å². The molecule has 2 aliphatic rings. The Kier molecular flexibility index (Phi) is 8.24. The minimum Gasteiger partial charge on any atom is -0.460 e. The molecule has 1 N–H and O–H groups in total. The molecule has 1 aliphatic heterocycles. The first kappa shape index (κ1) is 23.0. The van der Waals surface area contributed by atoms with Gasteiger partial charge < -0.3 is 14.6 Å². The van der Waals surface area contributed by atoms with Crippen molar-refractivity contribution in [2.24, 2.45) is 11.8 Å². The Bertz CT molecular complexity index is 853. The Labute approximate surface area is 184 Å². The maximum absolute atomic E-state index is 12.6. The summed E-state index contributed by atoms with van der Waals surface area (Å²) in [6, 6.07) is 7.82. The molecule has 0 spiro atoms. The van der Waals surface area contributed by atoms with Gasteiger partial charge in [0.05, 0.1) is 12.2 Å². The van der Waals surface area contributed by atoms with Crippen LogP contribution in [0, 0.1) is 18.8 Å². The summed E-state index contributed by atoms with van der Waals surface area (Å²) in [7, 11) is 0. The first-order chi connectivity index (χ1) is 14.9. The molecule has 166 valence electrons. The topological polar surface area (TPSA) is 72.8 Å². The predicted molar refractivity (Wildman–Crippen MR) is 120 cm³/mol. The van der Waals surface area contributed by atoms with Crippen molar-refractivity contribution in [3.8, 4) is 0 Å². The molecule has 1 heterocycles. The molecule has 1 aromatic rings. The van der Waals surface area contributed by atoms with E-state index in [1.165, 1.54) is 12.2 Å². The van der Waals surface area contributed by atoms with Gasteiger partial charge in [0.1, 0.15) is 6.10 Å². The molecule has 0 amide bonds. The molecule has 1 aromatic carbocycles. The summed E-state index contributed by atoms with van der Waals surface area (Å²) >= 11 is 0. The number of carbonyl (C=O) groups excluding carboxylic acids is 2. The number of fused-ring (bicyclic) bond motifs is 1. The van der Waals surface area contributed by atoms with Gasteiger partial charge in [0.2, 0.25) is 0 Å². The molecule has 0 aromatic heterocycles. The summed E-state index contributed by atoms with van der Waals surface area (Å²) in [6.45, 7) is 3.88. The summed E-state index contributed by atoms with van der Waals surface area (Å²) in [4.78, 5) is 24.8. The van der Waals surface area contributed by atoms with Crippen LogP contribution in [-0.4, -0.2) is 35.4 Å². The van der Waals surface area contributed by atoms with Crippen LogP contribution in [0.5, 0.6) is 0 Å². The number of rotatable bonds is 3. The number of aliphatic hydroxyl groups excluding tert-OH is 1. The maximum Gasteiger partial charge on any atom is 0.331 e. The number of esters is 2. The van der Waals surface area contributed by atoms with Gasteiger partial charge in [0.25, 0.3) is 0 Å². The highest BCUT2D eigenvalue weighted by atomic mass is 16.5. The molecule has 1 fully saturated rings. The first-order valence-corrected chi connectivity index (χ1v) is 11.1. The lowest BCUT2D eigenvalue weighted by Gasteiger charge is -2.24. The third-order valence-corrected chi connectivity index (χ3v) is 5.87. The monoisotopic (exact) mass is 424 g/mol. The van der Waals surface area contributed by atoms with Crippen molar-refractivity contribution >= 4 is 18.0 Å². The molecule has 0 unspecified atom stereocenters. The standard InChI is InChI=1S/C26H32O5/c1-18-7-6-9-20(15-18)11-13-26(29)31-24-12-14-25(28)30-19(2)8-4-3-5-10-21-16-22(27)17-23(21)24/h5-7,9-15,19,21-24,27H,3-4,8,16-17H2,1-2H3/b10-5+,13-11+,14-12?/t19-,21+,22-,23+,24+/m0/s1. The van der Waals surface area contributed by atoms with E-state index < -0.39 is 24.1 Å². The van der Waals surface area contributed by atoms with Gasteiger partial charge in [-0.15, -0.1) is 0 Å². The summed E-state index contributed by atoms with van der Waals surface area (Å²) in [5.41, 5.74) is 2.02. The quantitative estimate of drug-likeness (QED) is 0.438. The van der Waals surface area contributed by atoms with E-state index in [4.69, 9.17) is 9.47 Å². The van der Waals surface area contributed by atoms with Crippen LogP contribution in [0.1, 0.15) is 50.2 Å². The van der Waals surface area contributed by atoms with E-state index in [-0.39, 0.29) is 17.9 Å². The normalized spacial score (nSPS) is 30.5. The fourth-order valence-corrected chi connectivity index (χ4v) is 4.32. The van der Waals surface area contributed by atoms with Gasteiger partial charge in [-0.3, -0.25) is 0 Å². The highest BCUT2D eigenvalue weighted by Crippen LogP contribution is 2.37. The number of aryl methyl sites for hydroxylation is 1. The summed E-state index contributed by atoms with van der Waals surface area (Å²) in [5.74, 6) is -0.922. The SMILES string of the molecule is Cc1cccc(/C=C/C(=O)O[C@@H]2C=CC(=O)O[C@@H](C)CCC/C=C/[C@@H]3C[C@H](O)C[C@H]32)c1. The van der Waals surface area contributed by atoms with Gasteiger partial charge in [-0.25, -0.2) is 9.59 Å². The molecule has 5 nitrogen and oxygen atoms in total. The van der Waals surface area contributed by atoms with Gasteiger partial charge in [0, 0.05) is 18.1 Å². The second-order valence-corrected chi connectivity index (χ2v) is 8.57. The van der Waals surface area contributed by atoms with Crippen molar-refractivity contribution in [3.63, 3.8) is 0 Å². The van der Waals surface area contributed by atoms with E-state index >= 15 is 0 Å². The van der Waals surface area contributed by atoms with Crippen LogP contribution < -0.4 is 0 Å². The maximum atomic E-state index is 12.6. The second kappa shape index (κ2) is 11.1. The number of hydrogen-bond donors (Lipinski definition) is 1. The van der Waals surface area contributed by atoms with Gasteiger partial charge in [0.15, 0.2) is 0 Å². The summed E-state index contributed by atoms with van der Waals surface area (Å²) in [5, 5.41) is 10.3. The highest BCUT2D eigenvalue weighted by Gasteiger charge is 2.38. The van der Waals surface area contributed by atoms with E-state index in [0.717, 1.165) is 30.4 Å². The average molecular weight is 425 g/mol. The van der Waals surface area contributed by atoms with E-state index in [0.29, 0.717) is 12.8 Å². The number of hydrogen-bond acceptors (Lipinski definition) is 5. The Morgan fingerprint density at radius 1 is 1.26 bits per heavy atom. The second-order valence-electron chi connectivity index (χ2n) is 8.57. The Hall–Kier alpha value is -2.66.